The monoisotopic (exact) mass is 449 g/mol. The fourth-order valence-electron chi connectivity index (χ4n) is 3.73. The van der Waals surface area contributed by atoms with Crippen LogP contribution in [0.5, 0.6) is 0 Å². The van der Waals surface area contributed by atoms with Crippen molar-refractivity contribution in [2.75, 3.05) is 20.1 Å². The van der Waals surface area contributed by atoms with Gasteiger partial charge in [0.2, 0.25) is 0 Å². The number of hydrogen-bond donors (Lipinski definition) is 0. The normalized spacial score (nSPS) is 11.4. The van der Waals surface area contributed by atoms with Crippen molar-refractivity contribution in [3.8, 4) is 0 Å². The average molecular weight is 450 g/mol. The van der Waals surface area contributed by atoms with Gasteiger partial charge in [0.25, 0.3) is 5.56 Å². The topological polar surface area (TPSA) is 38.1 Å². The first-order valence-corrected chi connectivity index (χ1v) is 11.0. The number of rotatable bonds is 8. The van der Waals surface area contributed by atoms with Gasteiger partial charge in [-0.25, -0.2) is 9.07 Å². The summed E-state index contributed by atoms with van der Waals surface area (Å²) in [5.41, 5.74) is 2.91. The molecule has 32 heavy (non-hydrogen) atoms. The SMILES string of the molecule is CN(CCc1ccc(Cl)cc1)CCn1nc(Cc2ccc(F)cc2)c2ccccc2c1=O. The lowest BCUT2D eigenvalue weighted by Crippen LogP contribution is -2.32. The third-order valence-electron chi connectivity index (χ3n) is 5.62. The maximum Gasteiger partial charge on any atom is 0.274 e. The predicted octanol–water partition coefficient (Wildman–Crippen LogP) is 4.95. The van der Waals surface area contributed by atoms with Gasteiger partial charge in [0.15, 0.2) is 0 Å². The van der Waals surface area contributed by atoms with E-state index in [4.69, 9.17) is 11.6 Å². The van der Waals surface area contributed by atoms with Gasteiger partial charge in [-0.15, -0.1) is 0 Å². The molecular formula is C26H25ClFN3O. The first-order valence-electron chi connectivity index (χ1n) is 10.7. The summed E-state index contributed by atoms with van der Waals surface area (Å²) in [5, 5.41) is 6.92. The number of likely N-dealkylation sites (N-methyl/N-ethyl adjacent to an activating group) is 1. The van der Waals surface area contributed by atoms with Gasteiger partial charge in [0.05, 0.1) is 17.6 Å². The van der Waals surface area contributed by atoms with Crippen molar-refractivity contribution in [1.82, 2.24) is 14.7 Å². The highest BCUT2D eigenvalue weighted by atomic mass is 35.5. The zero-order valence-electron chi connectivity index (χ0n) is 18.0. The molecule has 4 aromatic rings. The highest BCUT2D eigenvalue weighted by molar-refractivity contribution is 6.30. The minimum Gasteiger partial charge on any atom is -0.304 e. The summed E-state index contributed by atoms with van der Waals surface area (Å²) in [5.74, 6) is -0.266. The molecule has 0 unspecified atom stereocenters. The van der Waals surface area contributed by atoms with Crippen molar-refractivity contribution in [3.05, 3.63) is 111 Å². The molecule has 1 aromatic heterocycles. The first kappa shape index (κ1) is 22.2. The van der Waals surface area contributed by atoms with E-state index in [-0.39, 0.29) is 11.4 Å². The molecule has 0 aliphatic heterocycles. The van der Waals surface area contributed by atoms with Gasteiger partial charge >= 0.3 is 0 Å². The molecule has 164 valence electrons. The van der Waals surface area contributed by atoms with Crippen molar-refractivity contribution in [2.45, 2.75) is 19.4 Å². The number of halogens is 2. The summed E-state index contributed by atoms with van der Waals surface area (Å²) in [6.07, 6.45) is 1.44. The van der Waals surface area contributed by atoms with E-state index in [1.165, 1.54) is 17.7 Å². The molecule has 0 atom stereocenters. The summed E-state index contributed by atoms with van der Waals surface area (Å²) in [6, 6.07) is 21.8. The molecule has 3 aromatic carbocycles. The van der Waals surface area contributed by atoms with Crippen molar-refractivity contribution < 1.29 is 4.39 Å². The van der Waals surface area contributed by atoms with E-state index < -0.39 is 0 Å². The summed E-state index contributed by atoms with van der Waals surface area (Å²) < 4.78 is 14.8. The standard InChI is InChI=1S/C26H25ClFN3O/c1-30(15-14-19-6-10-21(27)11-7-19)16-17-31-26(32)24-5-3-2-4-23(24)25(29-31)18-20-8-12-22(28)13-9-20/h2-13H,14-18H2,1H3. The van der Waals surface area contributed by atoms with Crippen molar-refractivity contribution in [1.29, 1.82) is 0 Å². The Kier molecular flexibility index (Phi) is 6.98. The summed E-state index contributed by atoms with van der Waals surface area (Å²) in [6.45, 7) is 2.07. The maximum absolute atomic E-state index is 13.3. The molecule has 4 nitrogen and oxygen atoms in total. The quantitative estimate of drug-likeness (QED) is 0.382. The van der Waals surface area contributed by atoms with Crippen molar-refractivity contribution in [2.24, 2.45) is 0 Å². The van der Waals surface area contributed by atoms with Crippen LogP contribution < -0.4 is 5.56 Å². The van der Waals surface area contributed by atoms with Crippen LogP contribution in [0.2, 0.25) is 5.02 Å². The Bertz CT molecular complexity index is 1250. The van der Waals surface area contributed by atoms with Gasteiger partial charge in [0.1, 0.15) is 5.82 Å². The second kappa shape index (κ2) is 10.1. The van der Waals surface area contributed by atoms with E-state index in [1.54, 1.807) is 16.8 Å². The summed E-state index contributed by atoms with van der Waals surface area (Å²) >= 11 is 5.95. The highest BCUT2D eigenvalue weighted by Gasteiger charge is 2.12. The minimum absolute atomic E-state index is 0.0884. The number of nitrogens with zero attached hydrogens (tertiary/aromatic N) is 3. The molecule has 0 amide bonds. The third kappa shape index (κ3) is 5.42. The van der Waals surface area contributed by atoms with Gasteiger partial charge in [-0.1, -0.05) is 54.1 Å². The molecule has 0 saturated heterocycles. The molecule has 0 aliphatic carbocycles. The van der Waals surface area contributed by atoms with Crippen LogP contribution in [0.4, 0.5) is 4.39 Å². The molecular weight excluding hydrogens is 425 g/mol. The third-order valence-corrected chi connectivity index (χ3v) is 5.87. The molecule has 0 aliphatic rings. The van der Waals surface area contributed by atoms with Crippen LogP contribution in [-0.2, 0) is 19.4 Å². The zero-order chi connectivity index (χ0) is 22.5. The van der Waals surface area contributed by atoms with Gasteiger partial charge in [-0.3, -0.25) is 4.79 Å². The molecule has 0 fully saturated rings. The average Bonchev–Trinajstić information content (AvgIpc) is 2.81. The lowest BCUT2D eigenvalue weighted by atomic mass is 10.0. The number of aromatic nitrogens is 2. The van der Waals surface area contributed by atoms with Crippen LogP contribution in [0.1, 0.15) is 16.8 Å². The minimum atomic E-state index is -0.266. The second-order valence-corrected chi connectivity index (χ2v) is 8.44. The molecule has 6 heteroatoms. The Morgan fingerprint density at radius 3 is 2.28 bits per heavy atom. The molecule has 0 saturated carbocycles. The van der Waals surface area contributed by atoms with Gasteiger partial charge < -0.3 is 4.90 Å². The Morgan fingerprint density at radius 1 is 0.906 bits per heavy atom. The van der Waals surface area contributed by atoms with E-state index in [1.807, 2.05) is 55.6 Å². The number of benzene rings is 3. The number of hydrogen-bond acceptors (Lipinski definition) is 3. The van der Waals surface area contributed by atoms with E-state index in [0.29, 0.717) is 24.9 Å². The van der Waals surface area contributed by atoms with E-state index in [0.717, 1.165) is 34.6 Å². The van der Waals surface area contributed by atoms with Crippen LogP contribution in [0.3, 0.4) is 0 Å². The molecule has 0 spiro atoms. The molecule has 0 bridgehead atoms. The first-order chi connectivity index (χ1) is 15.5. The van der Waals surface area contributed by atoms with Crippen LogP contribution in [0, 0.1) is 5.82 Å². The molecule has 0 radical (unpaired) electrons. The van der Waals surface area contributed by atoms with Crippen molar-refractivity contribution >= 4 is 22.4 Å². The van der Waals surface area contributed by atoms with Crippen LogP contribution in [-0.4, -0.2) is 34.8 Å². The Hall–Kier alpha value is -3.02. The summed E-state index contributed by atoms with van der Waals surface area (Å²) in [7, 11) is 2.04. The maximum atomic E-state index is 13.3. The summed E-state index contributed by atoms with van der Waals surface area (Å²) in [4.78, 5) is 15.2. The fourth-order valence-corrected chi connectivity index (χ4v) is 3.86. The van der Waals surface area contributed by atoms with Crippen LogP contribution in [0.15, 0.2) is 77.6 Å². The van der Waals surface area contributed by atoms with Crippen LogP contribution in [0.25, 0.3) is 10.8 Å². The second-order valence-electron chi connectivity index (χ2n) is 8.00. The Morgan fingerprint density at radius 2 is 1.56 bits per heavy atom. The van der Waals surface area contributed by atoms with E-state index in [2.05, 4.69) is 10.00 Å². The fraction of sp³-hybridized carbons (Fsp3) is 0.231. The van der Waals surface area contributed by atoms with E-state index in [9.17, 15) is 9.18 Å². The largest absolute Gasteiger partial charge is 0.304 e. The van der Waals surface area contributed by atoms with E-state index >= 15 is 0 Å². The smallest absolute Gasteiger partial charge is 0.274 e. The van der Waals surface area contributed by atoms with Gasteiger partial charge in [-0.05, 0) is 54.9 Å². The van der Waals surface area contributed by atoms with Gasteiger partial charge in [-0.2, -0.15) is 5.10 Å². The Balaban J connectivity index is 1.50. The molecule has 0 N–H and O–H groups in total. The predicted molar refractivity (Wildman–Crippen MR) is 128 cm³/mol. The zero-order valence-corrected chi connectivity index (χ0v) is 18.7. The number of fused-ring (bicyclic) bond motifs is 1. The molecule has 4 rings (SSSR count). The highest BCUT2D eigenvalue weighted by Crippen LogP contribution is 2.17. The lowest BCUT2D eigenvalue weighted by Gasteiger charge is -2.18. The van der Waals surface area contributed by atoms with Crippen molar-refractivity contribution in [3.63, 3.8) is 0 Å². The van der Waals surface area contributed by atoms with Gasteiger partial charge in [0, 0.05) is 29.9 Å². The Labute approximate surface area is 191 Å². The lowest BCUT2D eigenvalue weighted by molar-refractivity contribution is 0.312. The molecule has 1 heterocycles. The van der Waals surface area contributed by atoms with Crippen LogP contribution >= 0.6 is 11.6 Å².